The Labute approximate surface area is 163 Å². The smallest absolute Gasteiger partial charge is 0.146 e. The summed E-state index contributed by atoms with van der Waals surface area (Å²) in [6, 6.07) is 0.441. The van der Waals surface area contributed by atoms with Gasteiger partial charge in [-0.05, 0) is 77.9 Å². The molecule has 3 saturated heterocycles. The van der Waals surface area contributed by atoms with Gasteiger partial charge in [0.25, 0.3) is 0 Å². The highest BCUT2D eigenvalue weighted by atomic mass is 19.1. The van der Waals surface area contributed by atoms with Crippen LogP contribution in [0.15, 0.2) is 0 Å². The van der Waals surface area contributed by atoms with E-state index in [1.54, 1.807) is 0 Å². The number of piperidine rings is 1. The van der Waals surface area contributed by atoms with Gasteiger partial charge in [-0.3, -0.25) is 20.0 Å². The van der Waals surface area contributed by atoms with Crippen molar-refractivity contribution in [3.63, 3.8) is 0 Å². The molecule has 0 bridgehead atoms. The number of rotatable bonds is 5. The fourth-order valence-electron chi connectivity index (χ4n) is 5.46. The van der Waals surface area contributed by atoms with Gasteiger partial charge in [0, 0.05) is 19.0 Å². The molecule has 0 amide bonds. The lowest BCUT2D eigenvalue weighted by Crippen LogP contribution is -2.54. The standard InChI is InChI=1S/C20H38FN5O/c1-25(2)18-10-7-15(12-22-18)19-23-20(27-24-19)17-4-3-11-26(17)13-14-5-8-16(21)9-6-14/h14-20,22-24H,3-13H2,1-2H3. The van der Waals surface area contributed by atoms with Crippen LogP contribution in [0.5, 0.6) is 0 Å². The Bertz CT molecular complexity index is 465. The average Bonchev–Trinajstić information content (AvgIpc) is 3.33. The molecule has 5 unspecified atom stereocenters. The van der Waals surface area contributed by atoms with E-state index in [9.17, 15) is 4.39 Å². The zero-order chi connectivity index (χ0) is 18.8. The Morgan fingerprint density at radius 3 is 2.59 bits per heavy atom. The van der Waals surface area contributed by atoms with Crippen molar-refractivity contribution < 1.29 is 9.23 Å². The van der Waals surface area contributed by atoms with Crippen LogP contribution in [-0.4, -0.2) is 74.3 Å². The highest BCUT2D eigenvalue weighted by Gasteiger charge is 2.41. The van der Waals surface area contributed by atoms with Crippen LogP contribution in [0, 0.1) is 11.8 Å². The van der Waals surface area contributed by atoms with Crippen molar-refractivity contribution in [1.82, 2.24) is 25.9 Å². The summed E-state index contributed by atoms with van der Waals surface area (Å²) in [7, 11) is 4.27. The molecule has 6 nitrogen and oxygen atoms in total. The summed E-state index contributed by atoms with van der Waals surface area (Å²) in [5.74, 6) is 1.22. The molecular weight excluding hydrogens is 345 g/mol. The van der Waals surface area contributed by atoms with Crippen LogP contribution in [0.2, 0.25) is 0 Å². The van der Waals surface area contributed by atoms with Crippen LogP contribution in [0.4, 0.5) is 4.39 Å². The molecule has 5 atom stereocenters. The van der Waals surface area contributed by atoms with Gasteiger partial charge in [-0.15, -0.1) is 0 Å². The largest absolute Gasteiger partial charge is 0.301 e. The van der Waals surface area contributed by atoms with E-state index in [-0.39, 0.29) is 12.4 Å². The Morgan fingerprint density at radius 2 is 1.89 bits per heavy atom. The maximum absolute atomic E-state index is 13.4. The van der Waals surface area contributed by atoms with E-state index < -0.39 is 6.17 Å². The second-order valence-electron chi connectivity index (χ2n) is 9.35. The summed E-state index contributed by atoms with van der Waals surface area (Å²) in [6.45, 7) is 3.28. The molecule has 156 valence electrons. The summed E-state index contributed by atoms with van der Waals surface area (Å²) in [4.78, 5) is 10.9. The molecule has 0 radical (unpaired) electrons. The molecule has 3 heterocycles. The summed E-state index contributed by atoms with van der Waals surface area (Å²) in [6.07, 6.45) is 8.65. The summed E-state index contributed by atoms with van der Waals surface area (Å²) < 4.78 is 13.4. The Balaban J connectivity index is 1.25. The highest BCUT2D eigenvalue weighted by molar-refractivity contribution is 4.92. The van der Waals surface area contributed by atoms with Crippen LogP contribution in [0.3, 0.4) is 0 Å². The molecule has 0 aromatic carbocycles. The lowest BCUT2D eigenvalue weighted by Gasteiger charge is -2.36. The first kappa shape index (κ1) is 20.0. The van der Waals surface area contributed by atoms with Crippen LogP contribution in [-0.2, 0) is 4.84 Å². The van der Waals surface area contributed by atoms with Crippen molar-refractivity contribution in [1.29, 1.82) is 0 Å². The molecule has 7 heteroatoms. The van der Waals surface area contributed by atoms with Gasteiger partial charge in [-0.2, -0.15) is 5.48 Å². The van der Waals surface area contributed by atoms with Gasteiger partial charge in [0.1, 0.15) is 12.4 Å². The Hall–Kier alpha value is -0.310. The molecule has 3 N–H and O–H groups in total. The minimum atomic E-state index is -0.559. The molecule has 4 fully saturated rings. The highest BCUT2D eigenvalue weighted by Crippen LogP contribution is 2.31. The van der Waals surface area contributed by atoms with Crippen LogP contribution >= 0.6 is 0 Å². The fourth-order valence-corrected chi connectivity index (χ4v) is 5.46. The Kier molecular flexibility index (Phi) is 6.67. The molecule has 4 rings (SSSR count). The topological polar surface area (TPSA) is 51.8 Å². The minimum Gasteiger partial charge on any atom is -0.301 e. The normalized spacial score (nSPS) is 44.2. The predicted octanol–water partition coefficient (Wildman–Crippen LogP) is 1.64. The number of hydrogen-bond donors (Lipinski definition) is 3. The number of nitrogens with one attached hydrogen (secondary N) is 3. The van der Waals surface area contributed by atoms with E-state index in [1.807, 2.05) is 0 Å². The van der Waals surface area contributed by atoms with E-state index in [2.05, 4.69) is 40.0 Å². The van der Waals surface area contributed by atoms with E-state index in [0.717, 1.165) is 45.3 Å². The SMILES string of the molecule is CN(C)C1CCC(C2NOC(C3CCCN3CC3CCC(F)CC3)N2)CN1. The van der Waals surface area contributed by atoms with E-state index in [4.69, 9.17) is 4.84 Å². The van der Waals surface area contributed by atoms with Gasteiger partial charge in [0.05, 0.1) is 18.4 Å². The first-order valence-corrected chi connectivity index (χ1v) is 11.1. The van der Waals surface area contributed by atoms with Gasteiger partial charge in [-0.1, -0.05) is 0 Å². The monoisotopic (exact) mass is 383 g/mol. The maximum atomic E-state index is 13.4. The zero-order valence-electron chi connectivity index (χ0n) is 17.0. The number of nitrogens with zero attached hydrogens (tertiary/aromatic N) is 2. The fraction of sp³-hybridized carbons (Fsp3) is 1.00. The number of alkyl halides is 1. The molecule has 1 saturated carbocycles. The second kappa shape index (κ2) is 9.01. The van der Waals surface area contributed by atoms with Gasteiger partial charge < -0.3 is 5.32 Å². The molecular formula is C20H38FN5O. The molecule has 0 spiro atoms. The van der Waals surface area contributed by atoms with Crippen molar-refractivity contribution in [2.75, 3.05) is 33.7 Å². The molecule has 27 heavy (non-hydrogen) atoms. The number of hydrogen-bond acceptors (Lipinski definition) is 6. The molecule has 4 aliphatic rings. The molecule has 0 aromatic heterocycles. The Morgan fingerprint density at radius 1 is 1.07 bits per heavy atom. The van der Waals surface area contributed by atoms with Crippen molar-refractivity contribution >= 4 is 0 Å². The van der Waals surface area contributed by atoms with Crippen LogP contribution < -0.4 is 16.1 Å². The van der Waals surface area contributed by atoms with E-state index >= 15 is 0 Å². The number of hydroxylamine groups is 1. The van der Waals surface area contributed by atoms with E-state index in [0.29, 0.717) is 24.0 Å². The quantitative estimate of drug-likeness (QED) is 0.671. The molecule has 3 aliphatic heterocycles. The maximum Gasteiger partial charge on any atom is 0.146 e. The third-order valence-electron chi connectivity index (χ3n) is 7.22. The van der Waals surface area contributed by atoms with Crippen LogP contribution in [0.25, 0.3) is 0 Å². The third-order valence-corrected chi connectivity index (χ3v) is 7.22. The van der Waals surface area contributed by atoms with Gasteiger partial charge in [0.15, 0.2) is 0 Å². The van der Waals surface area contributed by atoms with Gasteiger partial charge in [-0.25, -0.2) is 4.39 Å². The predicted molar refractivity (Wildman–Crippen MR) is 105 cm³/mol. The first-order valence-electron chi connectivity index (χ1n) is 11.1. The van der Waals surface area contributed by atoms with Crippen molar-refractivity contribution in [3.05, 3.63) is 0 Å². The summed E-state index contributed by atoms with van der Waals surface area (Å²) in [5.41, 5.74) is 3.29. The molecule has 0 aromatic rings. The van der Waals surface area contributed by atoms with Crippen LogP contribution in [0.1, 0.15) is 51.4 Å². The summed E-state index contributed by atoms with van der Waals surface area (Å²) in [5, 5.41) is 7.38. The third kappa shape index (κ3) is 4.82. The average molecular weight is 384 g/mol. The summed E-state index contributed by atoms with van der Waals surface area (Å²) >= 11 is 0. The zero-order valence-corrected chi connectivity index (χ0v) is 17.0. The molecule has 1 aliphatic carbocycles. The van der Waals surface area contributed by atoms with E-state index in [1.165, 1.54) is 25.7 Å². The lowest BCUT2D eigenvalue weighted by molar-refractivity contribution is -0.0277. The second-order valence-corrected chi connectivity index (χ2v) is 9.35. The first-order chi connectivity index (χ1) is 13.1. The van der Waals surface area contributed by atoms with Crippen molar-refractivity contribution in [2.24, 2.45) is 11.8 Å². The van der Waals surface area contributed by atoms with Crippen molar-refractivity contribution in [3.8, 4) is 0 Å². The lowest BCUT2D eigenvalue weighted by atomic mass is 9.87. The minimum absolute atomic E-state index is 0.0709. The number of likely N-dealkylation sites (tertiary alicyclic amines) is 1. The van der Waals surface area contributed by atoms with Gasteiger partial charge >= 0.3 is 0 Å². The number of halogens is 1. The van der Waals surface area contributed by atoms with Crippen molar-refractivity contribution in [2.45, 2.75) is 82.1 Å². The van der Waals surface area contributed by atoms with Gasteiger partial charge in [0.2, 0.25) is 0 Å².